The van der Waals surface area contributed by atoms with Gasteiger partial charge in [0.25, 0.3) is 0 Å². The summed E-state index contributed by atoms with van der Waals surface area (Å²) in [5.41, 5.74) is 8.90. The zero-order chi connectivity index (χ0) is 26.9. The lowest BCUT2D eigenvalue weighted by Crippen LogP contribution is -2.17. The number of aliphatic carboxylic acids is 1. The topological polar surface area (TPSA) is 89.8 Å². The molecule has 0 bridgehead atoms. The van der Waals surface area contributed by atoms with Crippen LogP contribution in [0.15, 0.2) is 72.9 Å². The summed E-state index contributed by atoms with van der Waals surface area (Å²) in [6, 6.07) is 23.2. The Kier molecular flexibility index (Phi) is 6.73. The van der Waals surface area contributed by atoms with E-state index in [0.717, 1.165) is 52.1 Å². The first-order valence-corrected chi connectivity index (χ1v) is 13.0. The van der Waals surface area contributed by atoms with Crippen LogP contribution in [-0.2, 0) is 10.2 Å². The Bertz CT molecular complexity index is 1600. The molecular formula is C33H31N3O2. The minimum absolute atomic E-state index is 0.00649. The largest absolute Gasteiger partial charge is 0.478 e. The average Bonchev–Trinajstić information content (AvgIpc) is 3.35. The van der Waals surface area contributed by atoms with Crippen LogP contribution in [0.3, 0.4) is 0 Å². The van der Waals surface area contributed by atoms with Gasteiger partial charge >= 0.3 is 5.97 Å². The van der Waals surface area contributed by atoms with Crippen molar-refractivity contribution in [2.75, 3.05) is 0 Å². The fourth-order valence-corrected chi connectivity index (χ4v) is 5.17. The maximum atomic E-state index is 11.0. The predicted octanol–water partition coefficient (Wildman–Crippen LogP) is 7.59. The Morgan fingerprint density at radius 2 is 1.84 bits per heavy atom. The number of hydrogen-bond acceptors (Lipinski definition) is 3. The van der Waals surface area contributed by atoms with Crippen LogP contribution < -0.4 is 0 Å². The van der Waals surface area contributed by atoms with Crippen LogP contribution in [0.25, 0.3) is 28.1 Å². The second-order valence-electron chi connectivity index (χ2n) is 11.0. The third-order valence-electron chi connectivity index (χ3n) is 7.45. The molecular weight excluding hydrogens is 470 g/mol. The van der Waals surface area contributed by atoms with Gasteiger partial charge in [-0.1, -0.05) is 81.8 Å². The number of aromatic amines is 1. The minimum Gasteiger partial charge on any atom is -0.478 e. The van der Waals surface area contributed by atoms with Crippen molar-refractivity contribution >= 4 is 34.1 Å². The van der Waals surface area contributed by atoms with E-state index in [1.54, 1.807) is 12.3 Å². The zero-order valence-electron chi connectivity index (χ0n) is 22.0. The molecule has 0 atom stereocenters. The Balaban J connectivity index is 1.81. The number of allylic oxidation sites excluding steroid dienone is 1. The molecule has 0 radical (unpaired) electrons. The van der Waals surface area contributed by atoms with Crippen molar-refractivity contribution in [3.8, 4) is 6.07 Å². The van der Waals surface area contributed by atoms with Gasteiger partial charge in [-0.15, -0.1) is 0 Å². The summed E-state index contributed by atoms with van der Waals surface area (Å²) in [7, 11) is 0. The van der Waals surface area contributed by atoms with E-state index in [1.807, 2.05) is 36.4 Å². The summed E-state index contributed by atoms with van der Waals surface area (Å²) in [5, 5.41) is 27.3. The number of hydrogen-bond donors (Lipinski definition) is 2. The van der Waals surface area contributed by atoms with E-state index in [1.165, 1.54) is 23.1 Å². The van der Waals surface area contributed by atoms with Crippen molar-refractivity contribution < 1.29 is 9.90 Å². The molecule has 0 spiro atoms. The van der Waals surface area contributed by atoms with Gasteiger partial charge in [0.15, 0.2) is 0 Å². The molecule has 1 aromatic heterocycles. The van der Waals surface area contributed by atoms with Crippen molar-refractivity contribution in [2.24, 2.45) is 5.92 Å². The highest BCUT2D eigenvalue weighted by molar-refractivity contribution is 6.04. The van der Waals surface area contributed by atoms with Gasteiger partial charge in [0.05, 0.1) is 17.3 Å². The molecule has 5 heteroatoms. The van der Waals surface area contributed by atoms with E-state index in [-0.39, 0.29) is 5.41 Å². The SMILES string of the molecule is CC(C)(C)c1cccc(C(=C(c2ccc(/C=C/C(=O)O)cc2)c2ccc3[nH]ncc3c2C#N)C2CCC2)c1. The average molecular weight is 502 g/mol. The van der Waals surface area contributed by atoms with Crippen LogP contribution in [0.1, 0.15) is 73.4 Å². The van der Waals surface area contributed by atoms with Crippen LogP contribution in [-0.4, -0.2) is 21.3 Å². The molecule has 1 fully saturated rings. The lowest BCUT2D eigenvalue weighted by molar-refractivity contribution is -0.131. The summed E-state index contributed by atoms with van der Waals surface area (Å²) in [6.07, 6.45) is 7.85. The summed E-state index contributed by atoms with van der Waals surface area (Å²) in [6.45, 7) is 6.68. The molecule has 0 aliphatic heterocycles. The Morgan fingerprint density at radius 3 is 2.47 bits per heavy atom. The van der Waals surface area contributed by atoms with Crippen LogP contribution in [0.5, 0.6) is 0 Å². The highest BCUT2D eigenvalue weighted by Gasteiger charge is 2.29. The fraction of sp³-hybridized carbons (Fsp3) is 0.242. The van der Waals surface area contributed by atoms with E-state index in [9.17, 15) is 10.1 Å². The van der Waals surface area contributed by atoms with E-state index in [4.69, 9.17) is 5.11 Å². The van der Waals surface area contributed by atoms with E-state index < -0.39 is 5.97 Å². The lowest BCUT2D eigenvalue weighted by atomic mass is 9.72. The Hall–Kier alpha value is -4.43. The number of fused-ring (bicyclic) bond motifs is 1. The highest BCUT2D eigenvalue weighted by atomic mass is 16.4. The van der Waals surface area contributed by atoms with Gasteiger partial charge in [0.1, 0.15) is 6.07 Å². The van der Waals surface area contributed by atoms with E-state index in [2.05, 4.69) is 61.3 Å². The van der Waals surface area contributed by atoms with Gasteiger partial charge in [-0.3, -0.25) is 5.10 Å². The molecule has 2 N–H and O–H groups in total. The van der Waals surface area contributed by atoms with Crippen LogP contribution >= 0.6 is 0 Å². The number of aromatic nitrogens is 2. The standard InChI is InChI=1S/C33H31N3O2/c1-33(2,3)25-9-5-8-24(18-25)31(22-6-4-7-22)32(23-13-10-21(11-14-23)12-17-30(37)38)26-15-16-29-28(20-35-36-29)27(26)19-34/h5,8-18,20,22H,4,6-7H2,1-3H3,(H,35,36)(H,37,38)/b17-12+,32-31?. The van der Waals surface area contributed by atoms with Crippen LogP contribution in [0.2, 0.25) is 0 Å². The van der Waals surface area contributed by atoms with Gasteiger partial charge in [-0.25, -0.2) is 4.79 Å². The molecule has 190 valence electrons. The van der Waals surface area contributed by atoms with Crippen molar-refractivity contribution in [1.29, 1.82) is 5.26 Å². The number of carbonyl (C=O) groups is 1. The first kappa shape index (κ1) is 25.2. The summed E-state index contributed by atoms with van der Waals surface area (Å²) >= 11 is 0. The number of H-pyrrole nitrogens is 1. The number of nitriles is 1. The maximum absolute atomic E-state index is 11.0. The summed E-state index contributed by atoms with van der Waals surface area (Å²) < 4.78 is 0. The van der Waals surface area contributed by atoms with Crippen LogP contribution in [0, 0.1) is 17.2 Å². The first-order valence-electron chi connectivity index (χ1n) is 13.0. The molecule has 1 saturated carbocycles. The van der Waals surface area contributed by atoms with Gasteiger partial charge in [-0.2, -0.15) is 10.4 Å². The first-order chi connectivity index (χ1) is 18.3. The number of rotatable bonds is 6. The number of carboxylic acid groups (broad SMARTS) is 1. The van der Waals surface area contributed by atoms with Gasteiger partial charge in [0, 0.05) is 17.0 Å². The molecule has 5 nitrogen and oxygen atoms in total. The van der Waals surface area contributed by atoms with E-state index in [0.29, 0.717) is 11.5 Å². The quantitative estimate of drug-likeness (QED) is 0.210. The smallest absolute Gasteiger partial charge is 0.328 e. The molecule has 1 aliphatic carbocycles. The molecule has 4 aromatic rings. The molecule has 3 aromatic carbocycles. The lowest BCUT2D eigenvalue weighted by Gasteiger charge is -2.32. The molecule has 0 unspecified atom stereocenters. The monoisotopic (exact) mass is 501 g/mol. The van der Waals surface area contributed by atoms with Crippen molar-refractivity contribution in [2.45, 2.75) is 45.4 Å². The molecule has 1 heterocycles. The fourth-order valence-electron chi connectivity index (χ4n) is 5.17. The molecule has 0 saturated heterocycles. The maximum Gasteiger partial charge on any atom is 0.328 e. The molecule has 38 heavy (non-hydrogen) atoms. The van der Waals surface area contributed by atoms with E-state index >= 15 is 0 Å². The third kappa shape index (κ3) is 4.90. The van der Waals surface area contributed by atoms with Gasteiger partial charge in [-0.05, 0) is 69.7 Å². The number of carboxylic acids is 1. The number of nitrogens with zero attached hydrogens (tertiary/aromatic N) is 2. The minimum atomic E-state index is -0.979. The normalized spacial score (nSPS) is 14.8. The third-order valence-corrected chi connectivity index (χ3v) is 7.45. The number of benzene rings is 3. The van der Waals surface area contributed by atoms with Gasteiger partial charge < -0.3 is 5.11 Å². The Labute approximate surface area is 223 Å². The highest BCUT2D eigenvalue weighted by Crippen LogP contribution is 2.46. The summed E-state index contributed by atoms with van der Waals surface area (Å²) in [5.74, 6) is -0.592. The molecule has 5 rings (SSSR count). The second kappa shape index (κ2) is 10.1. The molecule has 1 aliphatic rings. The van der Waals surface area contributed by atoms with Crippen molar-refractivity contribution in [3.05, 3.63) is 106 Å². The van der Waals surface area contributed by atoms with Crippen molar-refractivity contribution in [1.82, 2.24) is 10.2 Å². The van der Waals surface area contributed by atoms with Crippen LogP contribution in [0.4, 0.5) is 0 Å². The molecule has 0 amide bonds. The zero-order valence-corrected chi connectivity index (χ0v) is 22.0. The summed E-state index contributed by atoms with van der Waals surface area (Å²) in [4.78, 5) is 11.0. The Morgan fingerprint density at radius 1 is 1.08 bits per heavy atom. The predicted molar refractivity (Wildman–Crippen MR) is 152 cm³/mol. The second-order valence-corrected chi connectivity index (χ2v) is 11.0. The van der Waals surface area contributed by atoms with Gasteiger partial charge in [0.2, 0.25) is 0 Å². The number of nitrogens with one attached hydrogen (secondary N) is 1. The van der Waals surface area contributed by atoms with Crippen molar-refractivity contribution in [3.63, 3.8) is 0 Å².